The number of fused-ring (bicyclic) bond motifs is 1. The fourth-order valence-electron chi connectivity index (χ4n) is 3.73. The molecule has 0 atom stereocenters. The van der Waals surface area contributed by atoms with Gasteiger partial charge in [-0.15, -0.1) is 11.3 Å². The van der Waals surface area contributed by atoms with E-state index in [-0.39, 0.29) is 18.9 Å². The van der Waals surface area contributed by atoms with Crippen LogP contribution in [0.5, 0.6) is 5.75 Å². The molecule has 0 saturated carbocycles. The molecule has 4 rings (SSSR count). The maximum absolute atomic E-state index is 13.4. The van der Waals surface area contributed by atoms with Gasteiger partial charge in [0.1, 0.15) is 15.5 Å². The first-order valence-electron chi connectivity index (χ1n) is 10.9. The molecule has 0 fully saturated rings. The zero-order valence-corrected chi connectivity index (χ0v) is 19.4. The van der Waals surface area contributed by atoms with Gasteiger partial charge in [-0.25, -0.2) is 9.59 Å². The van der Waals surface area contributed by atoms with Crippen LogP contribution >= 0.6 is 11.3 Å². The van der Waals surface area contributed by atoms with E-state index < -0.39 is 17.2 Å². The molecule has 2 N–H and O–H groups in total. The average Bonchev–Trinajstić information content (AvgIpc) is 3.20. The average molecular weight is 477 g/mol. The zero-order valence-electron chi connectivity index (χ0n) is 18.6. The summed E-state index contributed by atoms with van der Waals surface area (Å²) in [6, 6.07) is 16.4. The van der Waals surface area contributed by atoms with E-state index in [9.17, 15) is 19.5 Å². The number of H-pyrrole nitrogens is 1. The van der Waals surface area contributed by atoms with Crippen LogP contribution in [0.25, 0.3) is 16.3 Å². The number of aryl methyl sites for hydroxylation is 2. The lowest BCUT2D eigenvalue weighted by atomic mass is 10.0. The Bertz CT molecular complexity index is 1450. The number of aromatic hydroxyl groups is 1. The van der Waals surface area contributed by atoms with Crippen molar-refractivity contribution in [2.75, 3.05) is 6.61 Å². The Kier molecular flexibility index (Phi) is 7.08. The van der Waals surface area contributed by atoms with Crippen molar-refractivity contribution in [2.24, 2.45) is 0 Å². The Morgan fingerprint density at radius 2 is 1.82 bits per heavy atom. The number of carbonyl (C=O) groups is 1. The van der Waals surface area contributed by atoms with Gasteiger partial charge in [-0.2, -0.15) is 0 Å². The second-order valence-corrected chi connectivity index (χ2v) is 8.68. The summed E-state index contributed by atoms with van der Waals surface area (Å²) in [5.74, 6) is -0.334. The number of nitrogens with one attached hydrogen (secondary N) is 1. The number of nitrogens with zero attached hydrogens (tertiary/aromatic N) is 1. The lowest BCUT2D eigenvalue weighted by molar-refractivity contribution is 0.0531. The van der Waals surface area contributed by atoms with Gasteiger partial charge in [0.05, 0.1) is 12.0 Å². The summed E-state index contributed by atoms with van der Waals surface area (Å²) in [6.07, 6.45) is 4.57. The monoisotopic (exact) mass is 476 g/mol. The van der Waals surface area contributed by atoms with E-state index in [0.29, 0.717) is 33.5 Å². The summed E-state index contributed by atoms with van der Waals surface area (Å²) in [6.45, 7) is 2.01. The third-order valence-electron chi connectivity index (χ3n) is 5.39. The van der Waals surface area contributed by atoms with Crippen LogP contribution in [0.3, 0.4) is 0 Å². The summed E-state index contributed by atoms with van der Waals surface area (Å²) in [7, 11) is 0. The van der Waals surface area contributed by atoms with Crippen LogP contribution in [0.1, 0.15) is 33.3 Å². The Balaban J connectivity index is 1.73. The molecule has 2 heterocycles. The van der Waals surface area contributed by atoms with E-state index in [4.69, 9.17) is 4.74 Å². The number of ether oxygens (including phenoxy) is 1. The zero-order chi connectivity index (χ0) is 24.1. The molecule has 0 aliphatic carbocycles. The third-order valence-corrected chi connectivity index (χ3v) is 6.52. The molecule has 0 amide bonds. The first-order chi connectivity index (χ1) is 16.5. The standard InChI is InChI=1S/C26H24N2O5S/c1-2-33-25(31)22-20(15-12-17-7-4-3-5-8-17)21-23(34-22)27-26(32)28(24(21)30)16-6-9-18-10-13-19(29)14-11-18/h3-11,13-14,29H,2,12,15-16H2,1H3,(H,27,32)/b9-6+. The van der Waals surface area contributed by atoms with Gasteiger partial charge in [0.2, 0.25) is 0 Å². The second kappa shape index (κ2) is 10.4. The number of aromatic nitrogens is 2. The highest BCUT2D eigenvalue weighted by Gasteiger charge is 2.23. The van der Waals surface area contributed by atoms with Gasteiger partial charge in [-0.3, -0.25) is 14.3 Å². The first-order valence-corrected chi connectivity index (χ1v) is 11.7. The highest BCUT2D eigenvalue weighted by Crippen LogP contribution is 2.29. The summed E-state index contributed by atoms with van der Waals surface area (Å²) >= 11 is 1.08. The van der Waals surface area contributed by atoms with Gasteiger partial charge in [0.15, 0.2) is 0 Å². The number of hydrogen-bond acceptors (Lipinski definition) is 6. The highest BCUT2D eigenvalue weighted by molar-refractivity contribution is 7.20. The molecule has 2 aromatic heterocycles. The van der Waals surface area contributed by atoms with E-state index >= 15 is 0 Å². The molecule has 0 saturated heterocycles. The third kappa shape index (κ3) is 5.02. The minimum absolute atomic E-state index is 0.0632. The molecule has 7 nitrogen and oxygen atoms in total. The number of aromatic amines is 1. The maximum Gasteiger partial charge on any atom is 0.348 e. The Morgan fingerprint density at radius 3 is 2.53 bits per heavy atom. The van der Waals surface area contributed by atoms with Crippen molar-refractivity contribution in [3.05, 3.63) is 103 Å². The van der Waals surface area contributed by atoms with Gasteiger partial charge in [0, 0.05) is 6.54 Å². The van der Waals surface area contributed by atoms with Crippen LogP contribution in [0.2, 0.25) is 0 Å². The summed E-state index contributed by atoms with van der Waals surface area (Å²) < 4.78 is 6.33. The predicted octanol–water partition coefficient (Wildman–Crippen LogP) is 4.13. The number of phenolic OH excluding ortho intramolecular Hbond substituents is 1. The van der Waals surface area contributed by atoms with E-state index in [2.05, 4.69) is 4.98 Å². The molecule has 34 heavy (non-hydrogen) atoms. The van der Waals surface area contributed by atoms with E-state index in [1.807, 2.05) is 30.3 Å². The summed E-state index contributed by atoms with van der Waals surface area (Å²) in [4.78, 5) is 42.2. The summed E-state index contributed by atoms with van der Waals surface area (Å²) in [5, 5.41) is 9.75. The Morgan fingerprint density at radius 1 is 1.09 bits per heavy atom. The van der Waals surface area contributed by atoms with Crippen LogP contribution in [-0.2, 0) is 24.1 Å². The topological polar surface area (TPSA) is 101 Å². The minimum Gasteiger partial charge on any atom is -0.508 e. The smallest absolute Gasteiger partial charge is 0.348 e. The number of allylic oxidation sites excluding steroid dienone is 1. The van der Waals surface area contributed by atoms with Crippen LogP contribution in [0.15, 0.2) is 70.3 Å². The molecule has 0 bridgehead atoms. The molecular weight excluding hydrogens is 452 g/mol. The molecular formula is C26H24N2O5S. The first kappa shape index (κ1) is 23.3. The number of benzene rings is 2. The molecule has 174 valence electrons. The van der Waals surface area contributed by atoms with Crippen molar-refractivity contribution < 1.29 is 14.6 Å². The molecule has 0 aliphatic rings. The van der Waals surface area contributed by atoms with Gasteiger partial charge in [-0.1, -0.05) is 54.6 Å². The SMILES string of the molecule is CCOC(=O)c1sc2[nH]c(=O)n(C/C=C/c3ccc(O)cc3)c(=O)c2c1CCc1ccccc1. The molecule has 0 radical (unpaired) electrons. The van der Waals surface area contributed by atoms with Crippen LogP contribution in [-0.4, -0.2) is 27.2 Å². The number of rotatable bonds is 8. The van der Waals surface area contributed by atoms with Crippen LogP contribution in [0, 0.1) is 0 Å². The number of phenols is 1. The quantitative estimate of drug-likeness (QED) is 0.372. The molecule has 4 aromatic rings. The van der Waals surface area contributed by atoms with Gasteiger partial charge in [-0.05, 0) is 48.6 Å². The van der Waals surface area contributed by atoms with Crippen molar-refractivity contribution in [1.29, 1.82) is 0 Å². The predicted molar refractivity (Wildman–Crippen MR) is 134 cm³/mol. The molecule has 0 aliphatic heterocycles. The van der Waals surface area contributed by atoms with Crippen molar-refractivity contribution >= 4 is 33.6 Å². The lowest BCUT2D eigenvalue weighted by Gasteiger charge is -2.06. The molecule has 8 heteroatoms. The van der Waals surface area contributed by atoms with E-state index in [1.54, 1.807) is 43.3 Å². The number of hydrogen-bond donors (Lipinski definition) is 2. The molecule has 0 spiro atoms. The lowest BCUT2D eigenvalue weighted by Crippen LogP contribution is -2.34. The Hall–Kier alpha value is -3.91. The van der Waals surface area contributed by atoms with Gasteiger partial charge in [0.25, 0.3) is 5.56 Å². The van der Waals surface area contributed by atoms with E-state index in [1.165, 1.54) is 0 Å². The molecule has 2 aromatic carbocycles. The number of carbonyl (C=O) groups excluding carboxylic acids is 1. The summed E-state index contributed by atoms with van der Waals surface area (Å²) in [5.41, 5.74) is 1.52. The van der Waals surface area contributed by atoms with Crippen LogP contribution < -0.4 is 11.2 Å². The van der Waals surface area contributed by atoms with Gasteiger partial charge >= 0.3 is 11.7 Å². The van der Waals surface area contributed by atoms with E-state index in [0.717, 1.165) is 27.0 Å². The second-order valence-electron chi connectivity index (χ2n) is 7.66. The minimum atomic E-state index is -0.542. The fourth-order valence-corrected chi connectivity index (χ4v) is 4.86. The largest absolute Gasteiger partial charge is 0.508 e. The number of thiophene rings is 1. The fraction of sp³-hybridized carbons (Fsp3) is 0.192. The van der Waals surface area contributed by atoms with Gasteiger partial charge < -0.3 is 9.84 Å². The van der Waals surface area contributed by atoms with Crippen molar-refractivity contribution in [2.45, 2.75) is 26.3 Å². The van der Waals surface area contributed by atoms with Crippen LogP contribution in [0.4, 0.5) is 0 Å². The highest BCUT2D eigenvalue weighted by atomic mass is 32.1. The number of esters is 1. The molecule has 0 unspecified atom stereocenters. The van der Waals surface area contributed by atoms with Crippen molar-refractivity contribution in [3.63, 3.8) is 0 Å². The maximum atomic E-state index is 13.4. The Labute approximate surface area is 199 Å². The van der Waals surface area contributed by atoms with Crippen molar-refractivity contribution in [1.82, 2.24) is 9.55 Å². The van der Waals surface area contributed by atoms with Crippen molar-refractivity contribution in [3.8, 4) is 5.75 Å². The normalized spacial score (nSPS) is 11.3.